The van der Waals surface area contributed by atoms with Gasteiger partial charge in [0.05, 0.1) is 5.60 Å². The lowest BCUT2D eigenvalue weighted by Crippen LogP contribution is -2.26. The van der Waals surface area contributed by atoms with Crippen molar-refractivity contribution >= 4 is 5.91 Å². The molecule has 1 aromatic carbocycles. The van der Waals surface area contributed by atoms with Gasteiger partial charge in [0, 0.05) is 11.5 Å². The maximum absolute atomic E-state index is 12.4. The molecule has 0 bridgehead atoms. The number of hydrogen-bond acceptors (Lipinski definition) is 5. The van der Waals surface area contributed by atoms with Crippen molar-refractivity contribution < 1.29 is 14.4 Å². The molecule has 1 heterocycles. The van der Waals surface area contributed by atoms with E-state index in [4.69, 9.17) is 4.52 Å². The van der Waals surface area contributed by atoms with Crippen LogP contribution in [0.4, 0.5) is 0 Å². The number of rotatable bonds is 7. The van der Waals surface area contributed by atoms with Gasteiger partial charge in [0.2, 0.25) is 5.89 Å². The van der Waals surface area contributed by atoms with Gasteiger partial charge in [0.15, 0.2) is 5.82 Å². The number of aliphatic hydroxyl groups is 1. The van der Waals surface area contributed by atoms with Crippen molar-refractivity contribution in [2.24, 2.45) is 0 Å². The molecule has 2 N–H and O–H groups in total. The molecule has 1 unspecified atom stereocenters. The molecule has 136 valence electrons. The monoisotopic (exact) mass is 345 g/mol. The fourth-order valence-corrected chi connectivity index (χ4v) is 2.27. The van der Waals surface area contributed by atoms with Crippen LogP contribution in [-0.4, -0.2) is 26.8 Å². The third kappa shape index (κ3) is 5.67. The summed E-state index contributed by atoms with van der Waals surface area (Å²) in [4.78, 5) is 16.7. The van der Waals surface area contributed by atoms with E-state index < -0.39 is 5.60 Å². The van der Waals surface area contributed by atoms with Gasteiger partial charge in [-0.1, -0.05) is 31.1 Å². The lowest BCUT2D eigenvalue weighted by atomic mass is 9.98. The van der Waals surface area contributed by atoms with Gasteiger partial charge in [-0.05, 0) is 51.3 Å². The van der Waals surface area contributed by atoms with Gasteiger partial charge in [-0.2, -0.15) is 4.98 Å². The second-order valence-electron chi connectivity index (χ2n) is 7.35. The summed E-state index contributed by atoms with van der Waals surface area (Å²) in [5.74, 6) is 1.02. The van der Waals surface area contributed by atoms with Crippen molar-refractivity contribution in [3.05, 3.63) is 47.1 Å². The Labute approximate surface area is 148 Å². The molecule has 1 atom stereocenters. The summed E-state index contributed by atoms with van der Waals surface area (Å²) in [5, 5.41) is 16.6. The molecule has 0 aliphatic rings. The number of nitrogens with zero attached hydrogens (tertiary/aromatic N) is 2. The number of carbonyl (C=O) groups is 1. The molecule has 25 heavy (non-hydrogen) atoms. The van der Waals surface area contributed by atoms with Crippen molar-refractivity contribution in [3.8, 4) is 0 Å². The van der Waals surface area contributed by atoms with Crippen LogP contribution >= 0.6 is 0 Å². The van der Waals surface area contributed by atoms with E-state index in [1.165, 1.54) is 0 Å². The van der Waals surface area contributed by atoms with E-state index in [1.807, 2.05) is 32.9 Å². The maximum Gasteiger partial charge on any atom is 0.251 e. The average Bonchev–Trinajstić information content (AvgIpc) is 3.03. The molecule has 0 saturated heterocycles. The first-order chi connectivity index (χ1) is 11.7. The molecule has 0 aliphatic carbocycles. The summed E-state index contributed by atoms with van der Waals surface area (Å²) in [6, 6.07) is 7.04. The largest absolute Gasteiger partial charge is 0.390 e. The van der Waals surface area contributed by atoms with Gasteiger partial charge in [-0.15, -0.1) is 0 Å². The van der Waals surface area contributed by atoms with Crippen LogP contribution in [0.3, 0.4) is 0 Å². The summed E-state index contributed by atoms with van der Waals surface area (Å²) in [5.41, 5.74) is 0.970. The minimum absolute atomic E-state index is 0.178. The SMILES string of the molecule is CC(C)c1noc(C(C)NC(=O)c2ccc(CCC(C)(C)O)cc2)n1. The highest BCUT2D eigenvalue weighted by Crippen LogP contribution is 2.17. The third-order valence-electron chi connectivity index (χ3n) is 3.93. The molecule has 1 aromatic heterocycles. The minimum Gasteiger partial charge on any atom is -0.390 e. The van der Waals surface area contributed by atoms with Gasteiger partial charge in [0.25, 0.3) is 5.91 Å². The molecule has 0 fully saturated rings. The topological polar surface area (TPSA) is 88.2 Å². The Balaban J connectivity index is 1.95. The lowest BCUT2D eigenvalue weighted by Gasteiger charge is -2.16. The predicted octanol–water partition coefficient (Wildman–Crippen LogP) is 3.39. The van der Waals surface area contributed by atoms with Crippen molar-refractivity contribution in [2.45, 2.75) is 65.0 Å². The van der Waals surface area contributed by atoms with Crippen LogP contribution < -0.4 is 5.32 Å². The first kappa shape index (κ1) is 19.1. The number of benzene rings is 1. The highest BCUT2D eigenvalue weighted by molar-refractivity contribution is 5.94. The van der Waals surface area contributed by atoms with E-state index in [-0.39, 0.29) is 17.9 Å². The fraction of sp³-hybridized carbons (Fsp3) is 0.526. The Kier molecular flexibility index (Phi) is 5.95. The number of carbonyl (C=O) groups excluding carboxylic acids is 1. The molecule has 2 rings (SSSR count). The molecule has 0 aliphatic heterocycles. The van der Waals surface area contributed by atoms with E-state index >= 15 is 0 Å². The van der Waals surface area contributed by atoms with Crippen LogP contribution in [0.25, 0.3) is 0 Å². The van der Waals surface area contributed by atoms with Crippen LogP contribution in [0.1, 0.15) is 80.6 Å². The van der Waals surface area contributed by atoms with Crippen molar-refractivity contribution in [3.63, 3.8) is 0 Å². The Hall–Kier alpha value is -2.21. The zero-order chi connectivity index (χ0) is 18.6. The number of amides is 1. The summed E-state index contributed by atoms with van der Waals surface area (Å²) < 4.78 is 5.21. The Morgan fingerprint density at radius 1 is 1.24 bits per heavy atom. The van der Waals surface area contributed by atoms with Crippen LogP contribution in [0, 0.1) is 0 Å². The molecule has 0 spiro atoms. The number of hydrogen-bond donors (Lipinski definition) is 2. The maximum atomic E-state index is 12.4. The summed E-state index contributed by atoms with van der Waals surface area (Å²) in [7, 11) is 0. The standard InChI is InChI=1S/C19H27N3O3/c1-12(2)16-21-18(25-22-16)13(3)20-17(23)15-8-6-14(7-9-15)10-11-19(4,5)24/h6-9,12-13,24H,10-11H2,1-5H3,(H,20,23). The average molecular weight is 345 g/mol. The van der Waals surface area contributed by atoms with Crippen molar-refractivity contribution in [1.29, 1.82) is 0 Å². The van der Waals surface area contributed by atoms with Crippen LogP contribution in [0.2, 0.25) is 0 Å². The Bertz CT molecular complexity index is 699. The van der Waals surface area contributed by atoms with E-state index in [9.17, 15) is 9.90 Å². The fourth-order valence-electron chi connectivity index (χ4n) is 2.27. The molecule has 2 aromatic rings. The van der Waals surface area contributed by atoms with E-state index in [1.54, 1.807) is 26.0 Å². The molecule has 6 heteroatoms. The molecule has 6 nitrogen and oxygen atoms in total. The van der Waals surface area contributed by atoms with Crippen LogP contribution in [0.15, 0.2) is 28.8 Å². The third-order valence-corrected chi connectivity index (χ3v) is 3.93. The zero-order valence-electron chi connectivity index (χ0n) is 15.5. The molecule has 1 amide bonds. The second kappa shape index (κ2) is 7.78. The van der Waals surface area contributed by atoms with Crippen molar-refractivity contribution in [1.82, 2.24) is 15.5 Å². The van der Waals surface area contributed by atoms with Crippen LogP contribution in [0.5, 0.6) is 0 Å². The molecule has 0 radical (unpaired) electrons. The van der Waals surface area contributed by atoms with Gasteiger partial charge < -0.3 is 14.9 Å². The number of aryl methyl sites for hydroxylation is 1. The summed E-state index contributed by atoms with van der Waals surface area (Å²) in [6.07, 6.45) is 1.44. The lowest BCUT2D eigenvalue weighted by molar-refractivity contribution is 0.0713. The van der Waals surface area contributed by atoms with E-state index in [2.05, 4.69) is 15.5 Å². The first-order valence-electron chi connectivity index (χ1n) is 8.61. The zero-order valence-corrected chi connectivity index (χ0v) is 15.5. The smallest absolute Gasteiger partial charge is 0.251 e. The van der Waals surface area contributed by atoms with Crippen LogP contribution in [-0.2, 0) is 6.42 Å². The quantitative estimate of drug-likeness (QED) is 0.803. The second-order valence-corrected chi connectivity index (χ2v) is 7.35. The summed E-state index contributed by atoms with van der Waals surface area (Å²) in [6.45, 7) is 9.36. The highest BCUT2D eigenvalue weighted by atomic mass is 16.5. The number of aromatic nitrogens is 2. The predicted molar refractivity (Wildman–Crippen MR) is 95.3 cm³/mol. The first-order valence-corrected chi connectivity index (χ1v) is 8.61. The van der Waals surface area contributed by atoms with Gasteiger partial charge >= 0.3 is 0 Å². The number of nitrogens with one attached hydrogen (secondary N) is 1. The van der Waals surface area contributed by atoms with E-state index in [0.29, 0.717) is 23.7 Å². The minimum atomic E-state index is -0.690. The Morgan fingerprint density at radius 2 is 1.88 bits per heavy atom. The van der Waals surface area contributed by atoms with E-state index in [0.717, 1.165) is 12.0 Å². The van der Waals surface area contributed by atoms with Gasteiger partial charge in [-0.3, -0.25) is 4.79 Å². The van der Waals surface area contributed by atoms with Crippen molar-refractivity contribution in [2.75, 3.05) is 0 Å². The summed E-state index contributed by atoms with van der Waals surface area (Å²) >= 11 is 0. The molecular weight excluding hydrogens is 318 g/mol. The van der Waals surface area contributed by atoms with Gasteiger partial charge in [0.1, 0.15) is 6.04 Å². The normalized spacial score (nSPS) is 13.1. The molecular formula is C19H27N3O3. The molecule has 0 saturated carbocycles. The van der Waals surface area contributed by atoms with Gasteiger partial charge in [-0.25, -0.2) is 0 Å². The highest BCUT2D eigenvalue weighted by Gasteiger charge is 2.18. The Morgan fingerprint density at radius 3 is 2.40 bits per heavy atom.